The van der Waals surface area contributed by atoms with Gasteiger partial charge in [-0.1, -0.05) is 53.7 Å². The van der Waals surface area contributed by atoms with Gasteiger partial charge >= 0.3 is 0 Å². The van der Waals surface area contributed by atoms with E-state index in [1.165, 1.54) is 20.9 Å². The zero-order valence-electron chi connectivity index (χ0n) is 16.0. The average molecular weight is 412 g/mol. The van der Waals surface area contributed by atoms with Crippen molar-refractivity contribution in [3.63, 3.8) is 0 Å². The van der Waals surface area contributed by atoms with Gasteiger partial charge < -0.3 is 27.7 Å². The molecule has 1 aliphatic rings. The third kappa shape index (κ3) is 4.30. The van der Waals surface area contributed by atoms with E-state index in [-0.39, 0.29) is 12.4 Å². The zero-order chi connectivity index (χ0) is 18.8. The number of fused-ring (bicyclic) bond motifs is 2. The number of rotatable bonds is 5. The van der Waals surface area contributed by atoms with Crippen LogP contribution < -0.4 is 22.6 Å². The first-order chi connectivity index (χ1) is 13.1. The number of benzene rings is 3. The summed E-state index contributed by atoms with van der Waals surface area (Å²) in [6, 6.07) is 23.1. The van der Waals surface area contributed by atoms with Crippen molar-refractivity contribution < 1.29 is 17.5 Å². The maximum Gasteiger partial charge on any atom is 0.0891 e. The fraction of sp³-hybridized carbons (Fsp3) is 0.217. The van der Waals surface area contributed by atoms with Crippen LogP contribution in [0.2, 0.25) is 0 Å². The Balaban J connectivity index is 0.00000225. The SMILES string of the molecule is Cc1ccc(NCC(O)CN2c3ccccc3Sc3ccccc32)c(C)c1.[Cl-]. The van der Waals surface area contributed by atoms with Gasteiger partial charge in [0.2, 0.25) is 0 Å². The van der Waals surface area contributed by atoms with Gasteiger partial charge in [0.1, 0.15) is 0 Å². The summed E-state index contributed by atoms with van der Waals surface area (Å²) in [6.07, 6.45) is -0.491. The van der Waals surface area contributed by atoms with Crippen molar-refractivity contribution in [2.45, 2.75) is 29.7 Å². The normalized spacial score (nSPS) is 13.2. The lowest BCUT2D eigenvalue weighted by atomic mass is 10.1. The van der Waals surface area contributed by atoms with Crippen LogP contribution in [0.3, 0.4) is 0 Å². The predicted molar refractivity (Wildman–Crippen MR) is 114 cm³/mol. The maximum atomic E-state index is 10.7. The van der Waals surface area contributed by atoms with Crippen LogP contribution in [0.4, 0.5) is 17.1 Å². The molecule has 0 aliphatic carbocycles. The van der Waals surface area contributed by atoms with E-state index >= 15 is 0 Å². The number of anilines is 3. The molecule has 0 radical (unpaired) electrons. The number of nitrogens with one attached hydrogen (secondary N) is 1. The number of nitrogens with zero attached hydrogens (tertiary/aromatic N) is 1. The quantitative estimate of drug-likeness (QED) is 0.675. The first-order valence-electron chi connectivity index (χ1n) is 9.24. The molecule has 146 valence electrons. The van der Waals surface area contributed by atoms with Gasteiger partial charge in [-0.2, -0.15) is 0 Å². The summed E-state index contributed by atoms with van der Waals surface area (Å²) in [4.78, 5) is 4.69. The molecule has 1 aliphatic heterocycles. The molecule has 1 unspecified atom stereocenters. The molecule has 1 heterocycles. The Bertz CT molecular complexity index is 917. The lowest BCUT2D eigenvalue weighted by molar-refractivity contribution is -0.00000726. The Hall–Kier alpha value is -2.14. The minimum atomic E-state index is -0.491. The van der Waals surface area contributed by atoms with Crippen LogP contribution in [0.5, 0.6) is 0 Å². The molecule has 0 aromatic heterocycles. The van der Waals surface area contributed by atoms with Crippen molar-refractivity contribution in [1.82, 2.24) is 0 Å². The molecule has 4 rings (SSSR count). The molecule has 28 heavy (non-hydrogen) atoms. The molecule has 5 heteroatoms. The monoisotopic (exact) mass is 411 g/mol. The van der Waals surface area contributed by atoms with Crippen molar-refractivity contribution in [3.05, 3.63) is 77.9 Å². The fourth-order valence-electron chi connectivity index (χ4n) is 3.49. The summed E-state index contributed by atoms with van der Waals surface area (Å²) in [6.45, 7) is 5.25. The number of aryl methyl sites for hydroxylation is 2. The molecule has 0 amide bonds. The summed E-state index contributed by atoms with van der Waals surface area (Å²) in [7, 11) is 0. The molecule has 0 saturated carbocycles. The van der Waals surface area contributed by atoms with Crippen LogP contribution in [0, 0.1) is 13.8 Å². The second-order valence-electron chi connectivity index (χ2n) is 7.00. The van der Waals surface area contributed by atoms with Crippen molar-refractivity contribution in [1.29, 1.82) is 0 Å². The number of halogens is 1. The highest BCUT2D eigenvalue weighted by molar-refractivity contribution is 7.99. The van der Waals surface area contributed by atoms with Crippen LogP contribution in [-0.4, -0.2) is 24.3 Å². The van der Waals surface area contributed by atoms with Gasteiger partial charge in [-0.15, -0.1) is 0 Å². The van der Waals surface area contributed by atoms with Crippen LogP contribution >= 0.6 is 11.8 Å². The molecule has 3 aromatic carbocycles. The molecular formula is C23H24ClN2OS-. The van der Waals surface area contributed by atoms with Crippen molar-refractivity contribution in [2.75, 3.05) is 23.3 Å². The Morgan fingerprint density at radius 3 is 2.14 bits per heavy atom. The first-order valence-corrected chi connectivity index (χ1v) is 10.1. The molecule has 0 saturated heterocycles. The smallest absolute Gasteiger partial charge is 0.0891 e. The van der Waals surface area contributed by atoms with E-state index < -0.39 is 6.10 Å². The Morgan fingerprint density at radius 1 is 0.929 bits per heavy atom. The number of hydrogen-bond donors (Lipinski definition) is 2. The van der Waals surface area contributed by atoms with Gasteiger partial charge in [0.25, 0.3) is 0 Å². The van der Waals surface area contributed by atoms with Gasteiger partial charge in [-0.05, 0) is 49.7 Å². The lowest BCUT2D eigenvalue weighted by Crippen LogP contribution is -3.00. The number of hydrogen-bond acceptors (Lipinski definition) is 4. The van der Waals surface area contributed by atoms with Gasteiger partial charge in [-0.3, -0.25) is 0 Å². The van der Waals surface area contributed by atoms with Crippen molar-refractivity contribution in [3.8, 4) is 0 Å². The third-order valence-electron chi connectivity index (χ3n) is 4.84. The molecule has 3 aromatic rings. The van der Waals surface area contributed by atoms with Crippen LogP contribution in [0.1, 0.15) is 11.1 Å². The lowest BCUT2D eigenvalue weighted by Gasteiger charge is -2.34. The van der Waals surface area contributed by atoms with Gasteiger partial charge in [0.15, 0.2) is 0 Å². The van der Waals surface area contributed by atoms with Crippen LogP contribution in [0.15, 0.2) is 76.5 Å². The Morgan fingerprint density at radius 2 is 1.54 bits per heavy atom. The van der Waals surface area contributed by atoms with E-state index in [9.17, 15) is 5.11 Å². The first kappa shape index (κ1) is 20.6. The van der Waals surface area contributed by atoms with E-state index in [1.807, 2.05) is 0 Å². The predicted octanol–water partition coefficient (Wildman–Crippen LogP) is 2.38. The topological polar surface area (TPSA) is 35.5 Å². The second-order valence-corrected chi connectivity index (χ2v) is 8.08. The molecule has 0 spiro atoms. The fourth-order valence-corrected chi connectivity index (χ4v) is 4.59. The standard InChI is InChI=1S/C23H24N2OS.ClH/c1-16-11-12-19(17(2)13-16)24-14-18(26)15-25-20-7-3-5-9-22(20)27-23-10-6-4-8-21(23)25;/h3-13,18,24,26H,14-15H2,1-2H3;1H/p-1. The van der Waals surface area contributed by atoms with E-state index in [0.29, 0.717) is 13.1 Å². The van der Waals surface area contributed by atoms with Crippen molar-refractivity contribution >= 4 is 28.8 Å². The van der Waals surface area contributed by atoms with E-state index in [1.54, 1.807) is 11.8 Å². The largest absolute Gasteiger partial charge is 1.00 e. The summed E-state index contributed by atoms with van der Waals surface area (Å²) in [5.74, 6) is 0. The van der Waals surface area contributed by atoms with Crippen LogP contribution in [0.25, 0.3) is 0 Å². The molecule has 3 nitrogen and oxygen atoms in total. The van der Waals surface area contributed by atoms with Crippen molar-refractivity contribution in [2.24, 2.45) is 0 Å². The number of β-amino-alcohol motifs (C(OH)–C–C–N with tert-alkyl or cyclic N) is 1. The molecule has 0 bridgehead atoms. The van der Waals surface area contributed by atoms with Gasteiger partial charge in [0, 0.05) is 22.0 Å². The van der Waals surface area contributed by atoms with E-state index in [2.05, 4.69) is 90.8 Å². The zero-order valence-corrected chi connectivity index (χ0v) is 17.6. The average Bonchev–Trinajstić information content (AvgIpc) is 2.67. The summed E-state index contributed by atoms with van der Waals surface area (Å²) < 4.78 is 0. The summed E-state index contributed by atoms with van der Waals surface area (Å²) >= 11 is 1.79. The molecular weight excluding hydrogens is 388 g/mol. The molecule has 2 N–H and O–H groups in total. The van der Waals surface area contributed by atoms with E-state index in [4.69, 9.17) is 0 Å². The minimum absolute atomic E-state index is 0. The molecule has 1 atom stereocenters. The highest BCUT2D eigenvalue weighted by Gasteiger charge is 2.24. The number of aliphatic hydroxyl groups excluding tert-OH is 1. The number of aliphatic hydroxyl groups is 1. The Kier molecular flexibility index (Phi) is 6.55. The highest BCUT2D eigenvalue weighted by Crippen LogP contribution is 2.47. The maximum absolute atomic E-state index is 10.7. The van der Waals surface area contributed by atoms with Gasteiger partial charge in [-0.25, -0.2) is 0 Å². The highest BCUT2D eigenvalue weighted by atomic mass is 35.5. The molecule has 0 fully saturated rings. The van der Waals surface area contributed by atoms with Gasteiger partial charge in [0.05, 0.1) is 24.0 Å². The summed E-state index contributed by atoms with van der Waals surface area (Å²) in [5.41, 5.74) is 5.85. The minimum Gasteiger partial charge on any atom is -1.00 e. The summed E-state index contributed by atoms with van der Waals surface area (Å²) in [5, 5.41) is 14.1. The second kappa shape index (κ2) is 8.91. The Labute approximate surface area is 177 Å². The third-order valence-corrected chi connectivity index (χ3v) is 5.97. The van der Waals surface area contributed by atoms with E-state index in [0.717, 1.165) is 17.1 Å². The van der Waals surface area contributed by atoms with Crippen LogP contribution in [-0.2, 0) is 0 Å². The number of para-hydroxylation sites is 2.